The van der Waals surface area contributed by atoms with Crippen molar-refractivity contribution >= 4 is 38.3 Å². The van der Waals surface area contributed by atoms with Crippen molar-refractivity contribution in [2.24, 2.45) is 13.0 Å². The van der Waals surface area contributed by atoms with E-state index in [0.29, 0.717) is 11.7 Å². The molecule has 3 N–H and O–H groups in total. The fraction of sp³-hybridized carbons (Fsp3) is 0.333. The number of fused-ring (bicyclic) bond motifs is 2. The summed E-state index contributed by atoms with van der Waals surface area (Å²) < 4.78 is 1.94. The smallest absolute Gasteiger partial charge is 0.199 e. The molecule has 2 atom stereocenters. The third kappa shape index (κ3) is 3.39. The third-order valence-electron chi connectivity index (χ3n) is 6.68. The summed E-state index contributed by atoms with van der Waals surface area (Å²) in [6.07, 6.45) is 8.56. The van der Waals surface area contributed by atoms with Gasteiger partial charge in [-0.15, -0.1) is 11.3 Å². The predicted molar refractivity (Wildman–Crippen MR) is 131 cm³/mol. The minimum atomic E-state index is 0.242. The third-order valence-corrected chi connectivity index (χ3v) is 7.90. The van der Waals surface area contributed by atoms with E-state index in [-0.39, 0.29) is 12.6 Å². The summed E-state index contributed by atoms with van der Waals surface area (Å²) in [6.45, 7) is 2.39. The Morgan fingerprint density at radius 2 is 2.18 bits per heavy atom. The topological polar surface area (TPSA) is 105 Å². The molecule has 0 spiro atoms. The maximum absolute atomic E-state index is 9.59. The number of aliphatic hydroxyl groups is 1. The highest BCUT2D eigenvalue weighted by molar-refractivity contribution is 7.22. The molecule has 1 saturated carbocycles. The summed E-state index contributed by atoms with van der Waals surface area (Å²) in [5.41, 5.74) is 3.32. The second kappa shape index (κ2) is 7.93. The summed E-state index contributed by atoms with van der Waals surface area (Å²) in [7, 11) is 1.95. The van der Waals surface area contributed by atoms with Gasteiger partial charge in [-0.25, -0.2) is 15.0 Å². The molecule has 1 aliphatic carbocycles. The number of imidazole rings is 1. The van der Waals surface area contributed by atoms with E-state index in [9.17, 15) is 5.11 Å². The van der Waals surface area contributed by atoms with E-state index < -0.39 is 0 Å². The Labute approximate surface area is 194 Å². The number of hydrogen-bond acceptors (Lipinski definition) is 7. The van der Waals surface area contributed by atoms with Gasteiger partial charge < -0.3 is 15.0 Å². The zero-order chi connectivity index (χ0) is 22.5. The van der Waals surface area contributed by atoms with Crippen molar-refractivity contribution in [2.75, 3.05) is 11.9 Å². The number of aromatic amines is 1. The maximum Gasteiger partial charge on any atom is 0.199 e. The van der Waals surface area contributed by atoms with Gasteiger partial charge in [0.05, 0.1) is 17.1 Å². The van der Waals surface area contributed by atoms with Gasteiger partial charge in [-0.3, -0.25) is 5.10 Å². The van der Waals surface area contributed by atoms with E-state index >= 15 is 0 Å². The molecule has 33 heavy (non-hydrogen) atoms. The quantitative estimate of drug-likeness (QED) is 0.357. The highest BCUT2D eigenvalue weighted by atomic mass is 32.1. The van der Waals surface area contributed by atoms with E-state index in [2.05, 4.69) is 39.6 Å². The molecule has 1 aromatic carbocycles. The van der Waals surface area contributed by atoms with Gasteiger partial charge in [-0.2, -0.15) is 5.10 Å². The van der Waals surface area contributed by atoms with Crippen LogP contribution < -0.4 is 5.32 Å². The van der Waals surface area contributed by atoms with E-state index in [1.54, 1.807) is 17.5 Å². The summed E-state index contributed by atoms with van der Waals surface area (Å²) in [6, 6.07) is 6.52. The minimum absolute atomic E-state index is 0.242. The first-order chi connectivity index (χ1) is 16.1. The molecule has 6 rings (SSSR count). The van der Waals surface area contributed by atoms with Crippen LogP contribution in [0.5, 0.6) is 0 Å². The number of anilines is 1. The van der Waals surface area contributed by atoms with E-state index in [1.807, 2.05) is 30.1 Å². The van der Waals surface area contributed by atoms with Crippen molar-refractivity contribution in [3.63, 3.8) is 0 Å². The number of H-pyrrole nitrogens is 1. The molecule has 168 valence electrons. The molecule has 5 aromatic rings. The fourth-order valence-electron chi connectivity index (χ4n) is 4.91. The second-order valence-electron chi connectivity index (χ2n) is 8.83. The molecule has 1 fully saturated rings. The summed E-state index contributed by atoms with van der Waals surface area (Å²) in [4.78, 5) is 16.5. The van der Waals surface area contributed by atoms with Crippen LogP contribution in [0.4, 0.5) is 5.82 Å². The average molecular weight is 460 g/mol. The van der Waals surface area contributed by atoms with Gasteiger partial charge >= 0.3 is 0 Å². The van der Waals surface area contributed by atoms with Gasteiger partial charge in [0.1, 0.15) is 10.6 Å². The van der Waals surface area contributed by atoms with E-state index in [0.717, 1.165) is 63.2 Å². The molecule has 4 heterocycles. The van der Waals surface area contributed by atoms with Crippen LogP contribution in [0.3, 0.4) is 0 Å². The number of aryl methyl sites for hydroxylation is 2. The van der Waals surface area contributed by atoms with Gasteiger partial charge in [0.25, 0.3) is 0 Å². The van der Waals surface area contributed by atoms with Gasteiger partial charge in [-0.1, -0.05) is 12.1 Å². The Morgan fingerprint density at radius 1 is 1.27 bits per heavy atom. The molecule has 0 radical (unpaired) electrons. The highest BCUT2D eigenvalue weighted by Gasteiger charge is 2.27. The average Bonchev–Trinajstić information content (AvgIpc) is 3.60. The standard InChI is InChI=1S/C24H25N7OS/c1-13-19-21(27-15-7-6-14(10-15)12-32)28-22(23-25-8-9-31(23)2)29-24(19)33-20(13)16-4-3-5-18-17(16)11-26-30-18/h3-5,8-9,11,14-15,32H,6-7,10,12H2,1-2H3,(H,26,30)(H,27,28,29). The second-order valence-corrected chi connectivity index (χ2v) is 9.83. The van der Waals surface area contributed by atoms with E-state index in [4.69, 9.17) is 9.97 Å². The number of nitrogens with zero attached hydrogens (tertiary/aromatic N) is 5. The first-order valence-corrected chi connectivity index (χ1v) is 12.0. The molecule has 8 nitrogen and oxygen atoms in total. The van der Waals surface area contributed by atoms with Crippen LogP contribution in [0, 0.1) is 12.8 Å². The number of aromatic nitrogens is 6. The number of rotatable bonds is 5. The molecule has 1 aliphatic rings. The van der Waals surface area contributed by atoms with Crippen LogP contribution in [0.15, 0.2) is 36.8 Å². The van der Waals surface area contributed by atoms with Crippen LogP contribution in [0.25, 0.3) is 43.2 Å². The predicted octanol–water partition coefficient (Wildman–Crippen LogP) is 4.52. The Hall–Kier alpha value is -3.30. The normalized spacial score (nSPS) is 18.5. The number of thiophene rings is 1. The molecule has 0 aliphatic heterocycles. The lowest BCUT2D eigenvalue weighted by Crippen LogP contribution is -2.18. The lowest BCUT2D eigenvalue weighted by molar-refractivity contribution is 0.229. The van der Waals surface area contributed by atoms with Crippen LogP contribution in [-0.4, -0.2) is 47.5 Å². The Balaban J connectivity index is 1.53. The van der Waals surface area contributed by atoms with Crippen molar-refractivity contribution < 1.29 is 5.11 Å². The van der Waals surface area contributed by atoms with Crippen molar-refractivity contribution in [1.82, 2.24) is 29.7 Å². The molecule has 0 amide bonds. The van der Waals surface area contributed by atoms with Crippen molar-refractivity contribution in [2.45, 2.75) is 32.2 Å². The Bertz CT molecular complexity index is 1470. The van der Waals surface area contributed by atoms with Crippen LogP contribution in [0.2, 0.25) is 0 Å². The lowest BCUT2D eigenvalue weighted by Gasteiger charge is -2.15. The monoisotopic (exact) mass is 459 g/mol. The Morgan fingerprint density at radius 3 is 2.97 bits per heavy atom. The molecular weight excluding hydrogens is 434 g/mol. The van der Waals surface area contributed by atoms with Crippen LogP contribution in [-0.2, 0) is 7.05 Å². The van der Waals surface area contributed by atoms with Gasteiger partial charge in [0.15, 0.2) is 11.6 Å². The molecule has 9 heteroatoms. The number of hydrogen-bond donors (Lipinski definition) is 3. The Kier molecular flexibility index (Phi) is 4.88. The number of nitrogens with one attached hydrogen (secondary N) is 2. The van der Waals surface area contributed by atoms with Gasteiger partial charge in [0, 0.05) is 47.9 Å². The minimum Gasteiger partial charge on any atom is -0.396 e. The van der Waals surface area contributed by atoms with Gasteiger partial charge in [0.2, 0.25) is 0 Å². The summed E-state index contributed by atoms with van der Waals surface area (Å²) in [5.74, 6) is 2.56. The number of aliphatic hydroxyl groups excluding tert-OH is 1. The number of benzene rings is 1. The maximum atomic E-state index is 9.59. The molecule has 4 aromatic heterocycles. The van der Waals surface area contributed by atoms with Crippen molar-refractivity contribution in [1.29, 1.82) is 0 Å². The first-order valence-electron chi connectivity index (χ1n) is 11.2. The zero-order valence-corrected chi connectivity index (χ0v) is 19.4. The van der Waals surface area contributed by atoms with Crippen LogP contribution in [0.1, 0.15) is 24.8 Å². The largest absolute Gasteiger partial charge is 0.396 e. The first kappa shape index (κ1) is 20.3. The lowest BCUT2D eigenvalue weighted by atomic mass is 10.0. The highest BCUT2D eigenvalue weighted by Crippen LogP contribution is 2.43. The van der Waals surface area contributed by atoms with Crippen molar-refractivity contribution in [3.05, 3.63) is 42.4 Å². The zero-order valence-electron chi connectivity index (χ0n) is 18.5. The van der Waals surface area contributed by atoms with E-state index in [1.165, 1.54) is 4.88 Å². The molecule has 0 saturated heterocycles. The molecule has 0 bridgehead atoms. The van der Waals surface area contributed by atoms with Gasteiger partial charge in [-0.05, 0) is 43.7 Å². The molecular formula is C24H25N7OS. The fourth-order valence-corrected chi connectivity index (χ4v) is 6.13. The summed E-state index contributed by atoms with van der Waals surface area (Å²) in [5, 5.41) is 22.8. The SMILES string of the molecule is Cc1c(-c2cccc3[nH]ncc23)sc2nc(-c3nccn3C)nc(NC3CCC(CO)C3)c12. The summed E-state index contributed by atoms with van der Waals surface area (Å²) >= 11 is 1.68. The molecule has 2 unspecified atom stereocenters. The van der Waals surface area contributed by atoms with Crippen LogP contribution >= 0.6 is 11.3 Å². The van der Waals surface area contributed by atoms with Crippen molar-refractivity contribution in [3.8, 4) is 22.1 Å².